The molecule has 2 rings (SSSR count). The topological polar surface area (TPSA) is 51.2 Å². The molecule has 0 bridgehead atoms. The number of rotatable bonds is 2. The minimum Gasteiger partial charge on any atom is -0.381 e. The van der Waals surface area contributed by atoms with Crippen LogP contribution in [0.15, 0.2) is 30.3 Å². The number of para-hydroxylation sites is 1. The first kappa shape index (κ1) is 14.6. The van der Waals surface area contributed by atoms with Crippen molar-refractivity contribution < 1.29 is 22.7 Å². The minimum atomic E-state index is -4.69. The number of nitrogens with one attached hydrogen (secondary N) is 1. The van der Waals surface area contributed by atoms with Crippen LogP contribution >= 0.6 is 22.9 Å². The van der Waals surface area contributed by atoms with Crippen molar-refractivity contribution >= 4 is 34.7 Å². The van der Waals surface area contributed by atoms with Gasteiger partial charge in [-0.1, -0.05) is 41.1 Å². The summed E-state index contributed by atoms with van der Waals surface area (Å²) in [5.74, 6) is 0. The van der Waals surface area contributed by atoms with E-state index >= 15 is 0 Å². The van der Waals surface area contributed by atoms with Crippen LogP contribution in [0.5, 0.6) is 5.19 Å². The Bertz CT molecular complexity index is 616. The molecule has 0 atom stereocenters. The smallest absolute Gasteiger partial charge is 0.381 e. The molecule has 4 nitrogen and oxygen atoms in total. The van der Waals surface area contributed by atoms with Crippen molar-refractivity contribution in [1.82, 2.24) is 4.98 Å². The molecule has 1 heterocycles. The molecule has 0 radical (unpaired) electrons. The Hall–Kier alpha value is -1.80. The molecule has 1 aromatic heterocycles. The Labute approximate surface area is 120 Å². The minimum absolute atomic E-state index is 0.431. The first-order chi connectivity index (χ1) is 9.36. The molecular formula is C11H6ClF3N2O2S. The van der Waals surface area contributed by atoms with Crippen LogP contribution in [0.4, 0.5) is 23.7 Å². The van der Waals surface area contributed by atoms with E-state index in [0.717, 1.165) is 0 Å². The average Bonchev–Trinajstić information content (AvgIpc) is 2.71. The molecule has 0 aliphatic rings. The molecule has 2 aromatic rings. The predicted octanol–water partition coefficient (Wildman–Crippen LogP) is 4.43. The van der Waals surface area contributed by atoms with Crippen LogP contribution in [-0.2, 0) is 6.18 Å². The zero-order valence-corrected chi connectivity index (χ0v) is 11.1. The third-order valence-electron chi connectivity index (χ3n) is 2.03. The van der Waals surface area contributed by atoms with Gasteiger partial charge in [0, 0.05) is 5.69 Å². The summed E-state index contributed by atoms with van der Waals surface area (Å²) in [5, 5.41) is 1.86. The first-order valence-electron chi connectivity index (χ1n) is 5.13. The van der Waals surface area contributed by atoms with E-state index in [4.69, 9.17) is 11.6 Å². The molecule has 0 fully saturated rings. The third kappa shape index (κ3) is 3.61. The summed E-state index contributed by atoms with van der Waals surface area (Å²) in [6.45, 7) is 0. The van der Waals surface area contributed by atoms with Gasteiger partial charge in [-0.15, -0.1) is 0 Å². The van der Waals surface area contributed by atoms with Gasteiger partial charge < -0.3 is 4.74 Å². The van der Waals surface area contributed by atoms with Crippen LogP contribution in [0, 0.1) is 0 Å². The molecule has 1 aromatic carbocycles. The lowest BCUT2D eigenvalue weighted by Crippen LogP contribution is -2.16. The summed E-state index contributed by atoms with van der Waals surface area (Å²) in [6, 6.07) is 8.29. The number of carbonyl (C=O) groups excluding carboxylic acids is 1. The van der Waals surface area contributed by atoms with E-state index < -0.39 is 27.5 Å². The fraction of sp³-hybridized carbons (Fsp3) is 0.0909. The normalized spacial score (nSPS) is 11.2. The molecule has 0 aliphatic carbocycles. The zero-order chi connectivity index (χ0) is 14.8. The van der Waals surface area contributed by atoms with E-state index in [1.165, 1.54) is 0 Å². The highest BCUT2D eigenvalue weighted by Gasteiger charge is 2.37. The van der Waals surface area contributed by atoms with Crippen molar-refractivity contribution in [3.63, 3.8) is 0 Å². The lowest BCUT2D eigenvalue weighted by atomic mass is 10.3. The SMILES string of the molecule is O=C(Nc1ccccc1)Oc1nc(C(F)(F)F)c(Cl)s1. The summed E-state index contributed by atoms with van der Waals surface area (Å²) < 4.78 is 41.4. The number of anilines is 1. The highest BCUT2D eigenvalue weighted by Crippen LogP contribution is 2.39. The number of carbonyl (C=O) groups is 1. The Morgan fingerprint density at radius 3 is 2.50 bits per heavy atom. The van der Waals surface area contributed by atoms with Gasteiger partial charge >= 0.3 is 12.3 Å². The van der Waals surface area contributed by atoms with Gasteiger partial charge in [0.25, 0.3) is 5.19 Å². The highest BCUT2D eigenvalue weighted by atomic mass is 35.5. The zero-order valence-electron chi connectivity index (χ0n) is 9.57. The van der Waals surface area contributed by atoms with Crippen molar-refractivity contribution in [2.45, 2.75) is 6.18 Å². The molecule has 0 spiro atoms. The van der Waals surface area contributed by atoms with Crippen molar-refractivity contribution in [2.24, 2.45) is 0 Å². The van der Waals surface area contributed by atoms with Gasteiger partial charge in [-0.25, -0.2) is 4.79 Å². The average molecular weight is 323 g/mol. The van der Waals surface area contributed by atoms with Gasteiger partial charge in [-0.05, 0) is 12.1 Å². The summed E-state index contributed by atoms with van der Waals surface area (Å²) >= 11 is 5.83. The summed E-state index contributed by atoms with van der Waals surface area (Å²) in [4.78, 5) is 14.6. The number of amides is 1. The summed E-state index contributed by atoms with van der Waals surface area (Å²) in [7, 11) is 0. The van der Waals surface area contributed by atoms with Gasteiger partial charge in [0.2, 0.25) is 0 Å². The Kier molecular flexibility index (Phi) is 4.15. The number of nitrogens with zero attached hydrogens (tertiary/aromatic N) is 1. The molecule has 106 valence electrons. The molecular weight excluding hydrogens is 317 g/mol. The molecule has 9 heteroatoms. The van der Waals surface area contributed by atoms with E-state index in [2.05, 4.69) is 15.0 Å². The van der Waals surface area contributed by atoms with Gasteiger partial charge in [0.1, 0.15) is 4.34 Å². The number of thiazole rings is 1. The lowest BCUT2D eigenvalue weighted by Gasteiger charge is -2.03. The number of hydrogen-bond acceptors (Lipinski definition) is 4. The van der Waals surface area contributed by atoms with Crippen molar-refractivity contribution in [3.8, 4) is 5.19 Å². The second-order valence-electron chi connectivity index (χ2n) is 3.48. The lowest BCUT2D eigenvalue weighted by molar-refractivity contribution is -0.140. The fourth-order valence-electron chi connectivity index (χ4n) is 1.25. The number of aromatic nitrogens is 1. The van der Waals surface area contributed by atoms with Crippen LogP contribution in [0.3, 0.4) is 0 Å². The highest BCUT2D eigenvalue weighted by molar-refractivity contribution is 7.17. The van der Waals surface area contributed by atoms with E-state index in [1.807, 2.05) is 0 Å². The maximum Gasteiger partial charge on any atom is 0.435 e. The van der Waals surface area contributed by atoms with Gasteiger partial charge in [-0.3, -0.25) is 5.32 Å². The van der Waals surface area contributed by atoms with Gasteiger partial charge in [0.15, 0.2) is 5.69 Å². The van der Waals surface area contributed by atoms with Crippen LogP contribution in [0.2, 0.25) is 4.34 Å². The van der Waals surface area contributed by atoms with Crippen molar-refractivity contribution in [1.29, 1.82) is 0 Å². The van der Waals surface area contributed by atoms with Gasteiger partial charge in [-0.2, -0.15) is 18.2 Å². The maximum atomic E-state index is 12.4. The van der Waals surface area contributed by atoms with Crippen LogP contribution < -0.4 is 10.1 Å². The van der Waals surface area contributed by atoms with Gasteiger partial charge in [0.05, 0.1) is 0 Å². The second-order valence-corrected chi connectivity index (χ2v) is 5.04. The fourth-order valence-corrected chi connectivity index (χ4v) is 2.26. The largest absolute Gasteiger partial charge is 0.435 e. The Morgan fingerprint density at radius 2 is 1.95 bits per heavy atom. The molecule has 0 saturated carbocycles. The first-order valence-corrected chi connectivity index (χ1v) is 6.33. The van der Waals surface area contributed by atoms with E-state index in [-0.39, 0.29) is 0 Å². The number of benzene rings is 1. The number of hydrogen-bond donors (Lipinski definition) is 1. The predicted molar refractivity (Wildman–Crippen MR) is 68.2 cm³/mol. The molecule has 1 N–H and O–H groups in total. The second kappa shape index (κ2) is 5.68. The van der Waals surface area contributed by atoms with E-state index in [9.17, 15) is 18.0 Å². The summed E-state index contributed by atoms with van der Waals surface area (Å²) in [6.07, 6.45) is -5.64. The quantitative estimate of drug-likeness (QED) is 0.890. The monoisotopic (exact) mass is 322 g/mol. The maximum absolute atomic E-state index is 12.4. The Morgan fingerprint density at radius 1 is 1.30 bits per heavy atom. The molecule has 0 unspecified atom stereocenters. The van der Waals surface area contributed by atoms with Crippen LogP contribution in [-0.4, -0.2) is 11.1 Å². The van der Waals surface area contributed by atoms with E-state index in [1.54, 1.807) is 30.3 Å². The molecule has 20 heavy (non-hydrogen) atoms. The van der Waals surface area contributed by atoms with Crippen molar-refractivity contribution in [3.05, 3.63) is 40.4 Å². The third-order valence-corrected chi connectivity index (χ3v) is 3.17. The molecule has 1 amide bonds. The van der Waals surface area contributed by atoms with Crippen molar-refractivity contribution in [2.75, 3.05) is 5.32 Å². The number of alkyl halides is 3. The Balaban J connectivity index is 2.05. The number of halogens is 4. The van der Waals surface area contributed by atoms with E-state index in [0.29, 0.717) is 17.0 Å². The number of ether oxygens (including phenoxy) is 1. The molecule has 0 saturated heterocycles. The molecule has 0 aliphatic heterocycles. The van der Waals surface area contributed by atoms with Crippen LogP contribution in [0.1, 0.15) is 5.69 Å². The standard InChI is InChI=1S/C11H6ClF3N2O2S/c12-8-7(11(13,14)15)17-10(20-8)19-9(18)16-6-4-2-1-3-5-6/h1-5H,(H,16,18). The summed E-state index contributed by atoms with van der Waals surface area (Å²) in [5.41, 5.74) is -0.831. The van der Waals surface area contributed by atoms with Crippen LogP contribution in [0.25, 0.3) is 0 Å².